The Morgan fingerprint density at radius 2 is 1.98 bits per heavy atom. The molecular weight excluding hydrogens is 559 g/mol. The third-order valence-electron chi connectivity index (χ3n) is 7.99. The largest absolute Gasteiger partial charge is 0.369 e. The van der Waals surface area contributed by atoms with E-state index < -0.39 is 11.4 Å². The van der Waals surface area contributed by atoms with Crippen molar-refractivity contribution >= 4 is 41.3 Å². The fraction of sp³-hybridized carbons (Fsp3) is 0.387. The summed E-state index contributed by atoms with van der Waals surface area (Å²) < 4.78 is 21.1. The number of halogens is 1. The Morgan fingerprint density at radius 3 is 2.66 bits per heavy atom. The van der Waals surface area contributed by atoms with Crippen LogP contribution in [0.4, 0.5) is 4.39 Å². The van der Waals surface area contributed by atoms with E-state index in [1.807, 2.05) is 12.1 Å². The molecule has 3 N–H and O–H groups in total. The molecule has 5 rings (SSSR count). The van der Waals surface area contributed by atoms with Crippen molar-refractivity contribution in [3.8, 4) is 0 Å². The maximum Gasteiger partial charge on any atom is 0.261 e. The van der Waals surface area contributed by atoms with Gasteiger partial charge in [-0.3, -0.25) is 19.9 Å². The van der Waals surface area contributed by atoms with Crippen molar-refractivity contribution < 1.29 is 18.7 Å². The molecule has 3 heterocycles. The number of nitrogens with one attached hydrogen (secondary N) is 3. The zero-order chi connectivity index (χ0) is 29.0. The highest BCUT2D eigenvalue weighted by atomic mass is 32.2. The van der Waals surface area contributed by atoms with Gasteiger partial charge < -0.3 is 15.4 Å². The van der Waals surface area contributed by atoms with Gasteiger partial charge in [0.05, 0.1) is 17.0 Å². The molecule has 216 valence electrons. The van der Waals surface area contributed by atoms with Gasteiger partial charge >= 0.3 is 0 Å². The van der Waals surface area contributed by atoms with Crippen LogP contribution >= 0.6 is 23.1 Å². The van der Waals surface area contributed by atoms with Crippen molar-refractivity contribution in [2.45, 2.75) is 56.2 Å². The first-order chi connectivity index (χ1) is 19.8. The molecule has 1 unspecified atom stereocenters. The molecular formula is C31H35FN4O3S2. The van der Waals surface area contributed by atoms with E-state index in [9.17, 15) is 14.0 Å². The number of benzene rings is 2. The molecule has 7 nitrogen and oxygen atoms in total. The summed E-state index contributed by atoms with van der Waals surface area (Å²) in [6, 6.07) is 15.1. The van der Waals surface area contributed by atoms with E-state index in [0.717, 1.165) is 54.1 Å². The Labute approximate surface area is 248 Å². The molecule has 1 fully saturated rings. The third kappa shape index (κ3) is 6.40. The van der Waals surface area contributed by atoms with E-state index in [4.69, 9.17) is 10.1 Å². The Hall–Kier alpha value is -3.05. The zero-order valence-corrected chi connectivity index (χ0v) is 24.9. The average Bonchev–Trinajstić information content (AvgIpc) is 3.43. The fourth-order valence-corrected chi connectivity index (χ4v) is 7.65. The molecule has 2 aliphatic heterocycles. The van der Waals surface area contributed by atoms with Gasteiger partial charge in [-0.25, -0.2) is 4.39 Å². The number of amides is 2. The smallest absolute Gasteiger partial charge is 0.261 e. The normalized spacial score (nSPS) is 17.0. The van der Waals surface area contributed by atoms with E-state index in [1.54, 1.807) is 29.2 Å². The predicted octanol–water partition coefficient (Wildman–Crippen LogP) is 5.63. The summed E-state index contributed by atoms with van der Waals surface area (Å²) in [4.78, 5) is 29.1. The Bertz CT molecular complexity index is 1420. The Kier molecular flexibility index (Phi) is 9.23. The number of hydrogen-bond acceptors (Lipinski definition) is 7. The molecule has 10 heteroatoms. The maximum absolute atomic E-state index is 14.7. The quantitative estimate of drug-likeness (QED) is 0.129. The molecule has 0 aliphatic carbocycles. The van der Waals surface area contributed by atoms with Gasteiger partial charge in [0.25, 0.3) is 5.91 Å². The van der Waals surface area contributed by atoms with Crippen LogP contribution in [0.1, 0.15) is 69.5 Å². The van der Waals surface area contributed by atoms with Crippen molar-refractivity contribution in [3.63, 3.8) is 0 Å². The molecule has 1 spiro atoms. The summed E-state index contributed by atoms with van der Waals surface area (Å²) >= 11 is 3.35. The predicted molar refractivity (Wildman–Crippen MR) is 161 cm³/mol. The van der Waals surface area contributed by atoms with Gasteiger partial charge in [-0.15, -0.1) is 23.1 Å². The zero-order valence-electron chi connectivity index (χ0n) is 23.3. The number of carbonyl (C=O) groups excluding carboxylic acids is 2. The molecule has 3 aromatic rings. The first-order valence-electron chi connectivity index (χ1n) is 13.9. The Balaban J connectivity index is 1.22. The maximum atomic E-state index is 14.7. The lowest BCUT2D eigenvalue weighted by molar-refractivity contribution is -0.108. The third-order valence-corrected chi connectivity index (χ3v) is 10.2. The molecule has 1 atom stereocenters. The molecule has 41 heavy (non-hydrogen) atoms. The molecule has 0 radical (unpaired) electrons. The van der Waals surface area contributed by atoms with Crippen molar-refractivity contribution in [1.82, 2.24) is 15.5 Å². The summed E-state index contributed by atoms with van der Waals surface area (Å²) in [6.45, 7) is 6.86. The van der Waals surface area contributed by atoms with Crippen LogP contribution in [0.3, 0.4) is 0 Å². The van der Waals surface area contributed by atoms with Gasteiger partial charge in [0, 0.05) is 35.4 Å². The van der Waals surface area contributed by atoms with Crippen LogP contribution in [-0.4, -0.2) is 48.5 Å². The number of nitrogens with zero attached hydrogens (tertiary/aromatic N) is 1. The molecule has 2 aliphatic rings. The van der Waals surface area contributed by atoms with E-state index >= 15 is 0 Å². The van der Waals surface area contributed by atoms with Crippen molar-refractivity contribution in [2.24, 2.45) is 0 Å². The standard InChI is InChI=1S/C31H35FN4O3S2/c1-3-40-24-7-4-21(5-8-24)18-34-30(38)27-17-23-10-15-39-31(28(23)41-27)11-13-36(14-12-31)20(2)22-6-9-25(26(32)16-22)29(33)35-19-37/h4-9,16-17,19-20H,3,10-15,18H2,1-2H3,(H,34,38)(H2,33,35,37). The second kappa shape index (κ2) is 12.9. The van der Waals surface area contributed by atoms with Gasteiger partial charge in [0.1, 0.15) is 17.3 Å². The number of rotatable bonds is 9. The summed E-state index contributed by atoms with van der Waals surface area (Å²) in [5, 5.41) is 13.1. The second-order valence-electron chi connectivity index (χ2n) is 10.4. The van der Waals surface area contributed by atoms with Crippen LogP contribution in [0.15, 0.2) is 53.4 Å². The lowest BCUT2D eigenvalue weighted by Gasteiger charge is -2.45. The summed E-state index contributed by atoms with van der Waals surface area (Å²) in [5.41, 5.74) is 2.77. The number of piperidine rings is 1. The minimum atomic E-state index is -0.528. The number of carbonyl (C=O) groups is 2. The monoisotopic (exact) mass is 594 g/mol. The molecule has 0 bridgehead atoms. The van der Waals surface area contributed by atoms with Gasteiger partial charge in [-0.1, -0.05) is 25.1 Å². The van der Waals surface area contributed by atoms with Crippen LogP contribution in [0.5, 0.6) is 0 Å². The van der Waals surface area contributed by atoms with Gasteiger partial charge in [0.15, 0.2) is 0 Å². The highest BCUT2D eigenvalue weighted by molar-refractivity contribution is 7.99. The first-order valence-corrected chi connectivity index (χ1v) is 15.7. The Morgan fingerprint density at radius 1 is 1.22 bits per heavy atom. The lowest BCUT2D eigenvalue weighted by atomic mass is 9.84. The van der Waals surface area contributed by atoms with Crippen LogP contribution in [-0.2, 0) is 28.1 Å². The van der Waals surface area contributed by atoms with Gasteiger partial charge in [-0.2, -0.15) is 0 Å². The number of hydrogen-bond donors (Lipinski definition) is 3. The minimum Gasteiger partial charge on any atom is -0.369 e. The van der Waals surface area contributed by atoms with Crippen molar-refractivity contribution in [1.29, 1.82) is 5.41 Å². The van der Waals surface area contributed by atoms with E-state index in [1.165, 1.54) is 21.4 Å². The van der Waals surface area contributed by atoms with Crippen molar-refractivity contribution in [2.75, 3.05) is 25.4 Å². The van der Waals surface area contributed by atoms with E-state index in [2.05, 4.69) is 53.6 Å². The number of likely N-dealkylation sites (tertiary alicyclic amines) is 1. The van der Waals surface area contributed by atoms with Crippen LogP contribution in [0, 0.1) is 11.2 Å². The minimum absolute atomic E-state index is 0.0218. The second-order valence-corrected chi connectivity index (χ2v) is 12.8. The summed E-state index contributed by atoms with van der Waals surface area (Å²) in [6.07, 6.45) is 2.76. The summed E-state index contributed by atoms with van der Waals surface area (Å²) in [7, 11) is 0. The lowest BCUT2D eigenvalue weighted by Crippen LogP contribution is -2.46. The van der Waals surface area contributed by atoms with Gasteiger partial charge in [-0.05, 0) is 79.0 Å². The highest BCUT2D eigenvalue weighted by Crippen LogP contribution is 2.46. The molecule has 2 amide bonds. The summed E-state index contributed by atoms with van der Waals surface area (Å²) in [5.74, 6) is 0.190. The van der Waals surface area contributed by atoms with Crippen LogP contribution in [0.25, 0.3) is 0 Å². The number of amidine groups is 1. The highest BCUT2D eigenvalue weighted by Gasteiger charge is 2.43. The fourth-order valence-electron chi connectivity index (χ4n) is 5.66. The van der Waals surface area contributed by atoms with Gasteiger partial charge in [0.2, 0.25) is 6.41 Å². The number of ether oxygens (including phenoxy) is 1. The number of thioether (sulfide) groups is 1. The molecule has 1 aromatic heterocycles. The molecule has 1 saturated heterocycles. The topological polar surface area (TPSA) is 94.5 Å². The van der Waals surface area contributed by atoms with E-state index in [0.29, 0.717) is 19.6 Å². The van der Waals surface area contributed by atoms with Crippen LogP contribution < -0.4 is 10.6 Å². The SMILES string of the molecule is CCSc1ccc(CNC(=O)c2cc3c(s2)C2(CCN(C(C)c4ccc(C(=N)NC=O)c(F)c4)CC2)OCC3)cc1. The van der Waals surface area contributed by atoms with Crippen LogP contribution in [0.2, 0.25) is 0 Å². The number of thiophene rings is 1. The van der Waals surface area contributed by atoms with E-state index in [-0.39, 0.29) is 23.3 Å². The average molecular weight is 595 g/mol. The number of fused-ring (bicyclic) bond motifs is 2. The molecule has 0 saturated carbocycles. The molecule has 2 aromatic carbocycles. The van der Waals surface area contributed by atoms with Crippen molar-refractivity contribution in [3.05, 3.63) is 86.4 Å². The first kappa shape index (κ1) is 29.4.